The second-order valence-electron chi connectivity index (χ2n) is 8.05. The number of nitrogens with zero attached hydrogens (tertiary/aromatic N) is 2. The summed E-state index contributed by atoms with van der Waals surface area (Å²) in [5.41, 5.74) is 0.333. The molecule has 0 aliphatic heterocycles. The van der Waals surface area contributed by atoms with E-state index in [1.165, 1.54) is 64.2 Å². The van der Waals surface area contributed by atoms with Crippen molar-refractivity contribution in [2.45, 2.75) is 91.1 Å². The quantitative estimate of drug-likeness (QED) is 0.139. The summed E-state index contributed by atoms with van der Waals surface area (Å²) in [5.74, 6) is -0.464. The van der Waals surface area contributed by atoms with Gasteiger partial charge in [-0.05, 0) is 19.8 Å². The zero-order valence-electron chi connectivity index (χ0n) is 20.0. The van der Waals surface area contributed by atoms with E-state index >= 15 is 0 Å². The van der Waals surface area contributed by atoms with Gasteiger partial charge in [0.25, 0.3) is 0 Å². The zero-order chi connectivity index (χ0) is 22.7. The highest BCUT2D eigenvalue weighted by molar-refractivity contribution is 5.86. The van der Waals surface area contributed by atoms with Crippen LogP contribution in [0.5, 0.6) is 0 Å². The van der Waals surface area contributed by atoms with Crippen LogP contribution < -0.4 is 26.9 Å². The molecule has 0 atom stereocenters. The molecule has 0 unspecified atom stereocenters. The van der Waals surface area contributed by atoms with Crippen LogP contribution in [0.2, 0.25) is 0 Å². The molecule has 0 fully saturated rings. The Balaban J connectivity index is 0.00000961. The van der Waals surface area contributed by atoms with Gasteiger partial charge in [-0.3, -0.25) is 0 Å². The first-order valence-electron chi connectivity index (χ1n) is 11.8. The molecule has 7 nitrogen and oxygen atoms in total. The molecular weight excluding hydrogens is 474 g/mol. The molecule has 0 radical (unpaired) electrons. The highest BCUT2D eigenvalue weighted by atomic mass is 79.9. The summed E-state index contributed by atoms with van der Waals surface area (Å²) in [6.07, 6.45) is 19.0. The summed E-state index contributed by atoms with van der Waals surface area (Å²) in [5, 5.41) is 2.55. The number of halogens is 1. The first kappa shape index (κ1) is 30.2. The van der Waals surface area contributed by atoms with Crippen molar-refractivity contribution in [2.75, 3.05) is 19.8 Å². The molecule has 1 N–H and O–H groups in total. The van der Waals surface area contributed by atoms with Crippen LogP contribution in [0.3, 0.4) is 0 Å². The second kappa shape index (κ2) is 19.8. The number of amides is 1. The van der Waals surface area contributed by atoms with Gasteiger partial charge in [-0.2, -0.15) is 0 Å². The number of alkyl carbamates (subject to hydrolysis) is 1. The number of rotatable bonds is 18. The van der Waals surface area contributed by atoms with Crippen molar-refractivity contribution in [3.05, 3.63) is 30.9 Å². The van der Waals surface area contributed by atoms with Crippen LogP contribution >= 0.6 is 0 Å². The molecule has 1 aromatic heterocycles. The molecule has 1 heterocycles. The highest BCUT2D eigenvalue weighted by Gasteiger charge is 2.07. The summed E-state index contributed by atoms with van der Waals surface area (Å²) in [6, 6.07) is 0. The number of imidazole rings is 1. The van der Waals surface area contributed by atoms with Gasteiger partial charge < -0.3 is 31.8 Å². The Kier molecular flexibility index (Phi) is 18.7. The normalized spacial score (nSPS) is 10.3. The second-order valence-corrected chi connectivity index (χ2v) is 8.05. The lowest BCUT2D eigenvalue weighted by molar-refractivity contribution is -0.696. The van der Waals surface area contributed by atoms with Crippen LogP contribution in [-0.4, -0.2) is 36.4 Å². The van der Waals surface area contributed by atoms with Gasteiger partial charge in [0.15, 0.2) is 0 Å². The summed E-state index contributed by atoms with van der Waals surface area (Å²) in [6.45, 7) is 9.53. The summed E-state index contributed by atoms with van der Waals surface area (Å²) < 4.78 is 14.2. The molecule has 8 heteroatoms. The molecule has 32 heavy (non-hydrogen) atoms. The van der Waals surface area contributed by atoms with Crippen LogP contribution in [0.25, 0.3) is 0 Å². The molecule has 0 saturated heterocycles. The van der Waals surface area contributed by atoms with Gasteiger partial charge >= 0.3 is 12.1 Å². The smallest absolute Gasteiger partial charge is 0.407 e. The number of hydrogen-bond acceptors (Lipinski definition) is 4. The van der Waals surface area contributed by atoms with E-state index in [0.29, 0.717) is 12.1 Å². The van der Waals surface area contributed by atoms with Crippen molar-refractivity contribution >= 4 is 12.1 Å². The number of carbonyl (C=O) groups excluding carboxylic acids is 2. The van der Waals surface area contributed by atoms with E-state index in [0.717, 1.165) is 6.54 Å². The summed E-state index contributed by atoms with van der Waals surface area (Å²) in [7, 11) is 0. The topological polar surface area (TPSA) is 73.4 Å². The van der Waals surface area contributed by atoms with E-state index in [4.69, 9.17) is 9.47 Å². The molecule has 0 bridgehead atoms. The van der Waals surface area contributed by atoms with Gasteiger partial charge in [-0.1, -0.05) is 64.9 Å². The third kappa shape index (κ3) is 15.9. The van der Waals surface area contributed by atoms with Crippen molar-refractivity contribution in [1.29, 1.82) is 0 Å². The predicted octanol–water partition coefficient (Wildman–Crippen LogP) is 1.55. The Morgan fingerprint density at radius 3 is 2.22 bits per heavy atom. The van der Waals surface area contributed by atoms with Crippen molar-refractivity contribution in [1.82, 2.24) is 9.88 Å². The van der Waals surface area contributed by atoms with Crippen molar-refractivity contribution < 1.29 is 40.6 Å². The molecule has 1 rings (SSSR count). The molecular formula is C24H42BrN3O4. The Labute approximate surface area is 204 Å². The lowest BCUT2D eigenvalue weighted by Crippen LogP contribution is -3.00. The monoisotopic (exact) mass is 515 g/mol. The van der Waals surface area contributed by atoms with Gasteiger partial charge in [0.05, 0.1) is 13.1 Å². The van der Waals surface area contributed by atoms with Gasteiger partial charge in [-0.25, -0.2) is 18.7 Å². The maximum Gasteiger partial charge on any atom is 0.407 e. The number of nitrogens with one attached hydrogen (secondary N) is 1. The fourth-order valence-corrected chi connectivity index (χ4v) is 3.20. The minimum atomic E-state index is -0.517. The molecule has 0 aliphatic rings. The van der Waals surface area contributed by atoms with Gasteiger partial charge in [0, 0.05) is 5.57 Å². The molecule has 1 amide bonds. The number of ether oxygens (including phenoxy) is 2. The summed E-state index contributed by atoms with van der Waals surface area (Å²) >= 11 is 0. The predicted molar refractivity (Wildman–Crippen MR) is 122 cm³/mol. The standard InChI is InChI=1S/C24H41N3O4.BrH/c1-4-5-6-7-8-9-10-11-12-13-15-26-16-17-27(21-26)18-20-31-24(29)25-14-19-30-23(28)22(2)3;/h16-17,21H,2,4-15,18-20H2,1,3H3;1H. The van der Waals surface area contributed by atoms with E-state index in [1.807, 2.05) is 17.1 Å². The Hall–Kier alpha value is -1.83. The minimum absolute atomic E-state index is 0. The van der Waals surface area contributed by atoms with E-state index in [2.05, 4.69) is 29.6 Å². The number of hydrogen-bond donors (Lipinski definition) is 1. The maximum absolute atomic E-state index is 11.6. The molecule has 0 aliphatic carbocycles. The van der Waals surface area contributed by atoms with E-state index in [9.17, 15) is 9.59 Å². The number of unbranched alkanes of at least 4 members (excludes halogenated alkanes) is 9. The van der Waals surface area contributed by atoms with E-state index in [-0.39, 0.29) is 36.7 Å². The van der Waals surface area contributed by atoms with E-state index in [1.54, 1.807) is 6.92 Å². The van der Waals surface area contributed by atoms with Crippen LogP contribution in [0.4, 0.5) is 4.79 Å². The molecule has 184 valence electrons. The van der Waals surface area contributed by atoms with Crippen LogP contribution in [0, 0.1) is 0 Å². The Morgan fingerprint density at radius 1 is 0.969 bits per heavy atom. The average molecular weight is 517 g/mol. The fourth-order valence-electron chi connectivity index (χ4n) is 3.20. The molecule has 0 saturated carbocycles. The fraction of sp³-hybridized carbons (Fsp3) is 0.708. The van der Waals surface area contributed by atoms with E-state index < -0.39 is 12.1 Å². The number of aryl methyl sites for hydroxylation is 1. The van der Waals surface area contributed by atoms with Crippen LogP contribution in [0.15, 0.2) is 30.9 Å². The Bertz CT molecular complexity index is 649. The first-order chi connectivity index (χ1) is 15.0. The number of esters is 1. The third-order valence-electron chi connectivity index (χ3n) is 5.05. The minimum Gasteiger partial charge on any atom is -1.00 e. The maximum atomic E-state index is 11.6. The lowest BCUT2D eigenvalue weighted by atomic mass is 10.1. The van der Waals surface area contributed by atoms with Gasteiger partial charge in [-0.15, -0.1) is 0 Å². The third-order valence-corrected chi connectivity index (χ3v) is 5.05. The number of carbonyl (C=O) groups is 2. The molecule has 1 aromatic rings. The first-order valence-corrected chi connectivity index (χ1v) is 11.8. The van der Waals surface area contributed by atoms with Crippen molar-refractivity contribution in [3.63, 3.8) is 0 Å². The highest BCUT2D eigenvalue weighted by Crippen LogP contribution is 2.10. The van der Waals surface area contributed by atoms with Crippen molar-refractivity contribution in [3.8, 4) is 0 Å². The largest absolute Gasteiger partial charge is 1.00 e. The molecule has 0 spiro atoms. The SMILES string of the molecule is C=C(C)C(=O)OCCNC(=O)OCCn1cc[n+](CCCCCCCCCCCC)c1.[Br-]. The van der Waals surface area contributed by atoms with Gasteiger partial charge in [0.2, 0.25) is 6.33 Å². The lowest BCUT2D eigenvalue weighted by Gasteiger charge is -2.07. The van der Waals surface area contributed by atoms with Gasteiger partial charge in [0.1, 0.15) is 32.2 Å². The zero-order valence-corrected chi connectivity index (χ0v) is 21.5. The number of aromatic nitrogens is 2. The van der Waals surface area contributed by atoms with Crippen LogP contribution in [-0.2, 0) is 27.4 Å². The summed E-state index contributed by atoms with van der Waals surface area (Å²) in [4.78, 5) is 22.8. The van der Waals surface area contributed by atoms with Crippen LogP contribution in [0.1, 0.15) is 78.1 Å². The average Bonchev–Trinajstić information content (AvgIpc) is 3.20. The van der Waals surface area contributed by atoms with Crippen molar-refractivity contribution in [2.24, 2.45) is 0 Å². The Morgan fingerprint density at radius 2 is 1.59 bits per heavy atom. The molecule has 0 aromatic carbocycles.